The quantitative estimate of drug-likeness (QED) is 0.718. The van der Waals surface area contributed by atoms with Gasteiger partial charge < -0.3 is 10.2 Å². The maximum absolute atomic E-state index is 12.4. The van der Waals surface area contributed by atoms with E-state index in [0.29, 0.717) is 11.7 Å². The second-order valence-electron chi connectivity index (χ2n) is 6.78. The number of thiazole rings is 1. The van der Waals surface area contributed by atoms with E-state index in [1.807, 2.05) is 36.4 Å². The Bertz CT molecular complexity index is 948. The molecule has 1 N–H and O–H groups in total. The minimum Gasteiger partial charge on any atom is -0.369 e. The number of benzene rings is 2. The summed E-state index contributed by atoms with van der Waals surface area (Å²) in [5, 5.41) is 4.36. The third-order valence-electron chi connectivity index (χ3n) is 4.72. The van der Waals surface area contributed by atoms with Crippen LogP contribution in [0.1, 0.15) is 5.56 Å². The number of piperazine rings is 1. The van der Waals surface area contributed by atoms with E-state index < -0.39 is 0 Å². The fourth-order valence-electron chi connectivity index (χ4n) is 3.26. The number of nitrogens with one attached hydrogen (secondary N) is 1. The fraction of sp³-hybridized carbons (Fsp3) is 0.300. The van der Waals surface area contributed by atoms with Gasteiger partial charge in [0, 0.05) is 36.9 Å². The fourth-order valence-corrected chi connectivity index (χ4v) is 4.37. The molecule has 0 radical (unpaired) electrons. The molecular weight excluding hydrogens is 380 g/mol. The molecule has 27 heavy (non-hydrogen) atoms. The van der Waals surface area contributed by atoms with Crippen molar-refractivity contribution in [2.45, 2.75) is 6.92 Å². The van der Waals surface area contributed by atoms with Crippen molar-refractivity contribution in [3.63, 3.8) is 0 Å². The van der Waals surface area contributed by atoms with E-state index in [-0.39, 0.29) is 5.91 Å². The number of amides is 1. The number of nitrogens with zero attached hydrogens (tertiary/aromatic N) is 3. The van der Waals surface area contributed by atoms with Crippen LogP contribution in [0.15, 0.2) is 42.5 Å². The number of anilines is 2. The lowest BCUT2D eigenvalue weighted by atomic mass is 10.2. The van der Waals surface area contributed by atoms with Crippen LogP contribution in [0.2, 0.25) is 5.02 Å². The third kappa shape index (κ3) is 4.40. The van der Waals surface area contributed by atoms with Crippen molar-refractivity contribution in [2.75, 3.05) is 42.9 Å². The summed E-state index contributed by atoms with van der Waals surface area (Å²) in [5.41, 5.74) is 3.30. The lowest BCUT2D eigenvalue weighted by Crippen LogP contribution is -2.48. The van der Waals surface area contributed by atoms with E-state index in [1.54, 1.807) is 0 Å². The smallest absolute Gasteiger partial charge is 0.240 e. The van der Waals surface area contributed by atoms with Gasteiger partial charge in [0.2, 0.25) is 5.91 Å². The summed E-state index contributed by atoms with van der Waals surface area (Å²) in [6.45, 7) is 5.96. The average Bonchev–Trinajstić information content (AvgIpc) is 3.04. The van der Waals surface area contributed by atoms with Gasteiger partial charge in [0.1, 0.15) is 0 Å². The van der Waals surface area contributed by atoms with Crippen LogP contribution in [0.5, 0.6) is 0 Å². The summed E-state index contributed by atoms with van der Waals surface area (Å²) in [6, 6.07) is 14.0. The number of rotatable bonds is 4. The van der Waals surface area contributed by atoms with Gasteiger partial charge >= 0.3 is 0 Å². The van der Waals surface area contributed by atoms with E-state index in [1.165, 1.54) is 22.6 Å². The van der Waals surface area contributed by atoms with Crippen LogP contribution in [-0.2, 0) is 4.79 Å². The van der Waals surface area contributed by atoms with Crippen molar-refractivity contribution in [3.8, 4) is 0 Å². The Morgan fingerprint density at radius 3 is 2.63 bits per heavy atom. The summed E-state index contributed by atoms with van der Waals surface area (Å²) in [5.74, 6) is -0.00859. The van der Waals surface area contributed by atoms with Crippen LogP contribution in [0.4, 0.5) is 10.8 Å². The van der Waals surface area contributed by atoms with Crippen LogP contribution in [0.3, 0.4) is 0 Å². The minimum atomic E-state index is -0.00859. The summed E-state index contributed by atoms with van der Waals surface area (Å²) >= 11 is 7.48. The predicted octanol–water partition coefficient (Wildman–Crippen LogP) is 4.02. The SMILES string of the molecule is Cc1ccc2nc(NC(=O)CN3CCN(c4ccc(Cl)cc4)CC3)sc2c1. The van der Waals surface area contributed by atoms with Crippen molar-refractivity contribution in [1.29, 1.82) is 0 Å². The van der Waals surface area contributed by atoms with Gasteiger partial charge in [0.25, 0.3) is 0 Å². The molecule has 0 unspecified atom stereocenters. The lowest BCUT2D eigenvalue weighted by Gasteiger charge is -2.35. The molecule has 4 rings (SSSR count). The lowest BCUT2D eigenvalue weighted by molar-refractivity contribution is -0.117. The first-order chi connectivity index (χ1) is 13.1. The summed E-state index contributed by atoms with van der Waals surface area (Å²) in [4.78, 5) is 21.4. The number of hydrogen-bond donors (Lipinski definition) is 1. The largest absolute Gasteiger partial charge is 0.369 e. The molecule has 0 spiro atoms. The topological polar surface area (TPSA) is 48.5 Å². The second-order valence-corrected chi connectivity index (χ2v) is 8.25. The molecular formula is C20H21ClN4OS. The summed E-state index contributed by atoms with van der Waals surface area (Å²) in [7, 11) is 0. The van der Waals surface area contributed by atoms with Crippen LogP contribution < -0.4 is 10.2 Å². The van der Waals surface area contributed by atoms with Gasteiger partial charge in [0.05, 0.1) is 16.8 Å². The first-order valence-corrected chi connectivity index (χ1v) is 10.2. The maximum atomic E-state index is 12.4. The van der Waals surface area contributed by atoms with Crippen molar-refractivity contribution < 1.29 is 4.79 Å². The molecule has 0 atom stereocenters. The van der Waals surface area contributed by atoms with Gasteiger partial charge in [-0.3, -0.25) is 9.69 Å². The molecule has 3 aromatic rings. The normalized spacial score (nSPS) is 15.3. The van der Waals surface area contributed by atoms with Crippen LogP contribution >= 0.6 is 22.9 Å². The minimum absolute atomic E-state index is 0.00859. The Kier molecular flexibility index (Phi) is 5.29. The Morgan fingerprint density at radius 2 is 1.89 bits per heavy atom. The van der Waals surface area contributed by atoms with Crippen molar-refractivity contribution in [2.24, 2.45) is 0 Å². The van der Waals surface area contributed by atoms with E-state index in [0.717, 1.165) is 41.4 Å². The number of aryl methyl sites for hydroxylation is 1. The standard InChI is InChI=1S/C20H21ClN4OS/c1-14-2-7-17-18(12-14)27-20(22-17)23-19(26)13-24-8-10-25(11-9-24)16-5-3-15(21)4-6-16/h2-7,12H,8-11,13H2,1H3,(H,22,23,26). The molecule has 0 saturated carbocycles. The van der Waals surface area contributed by atoms with Gasteiger partial charge in [-0.1, -0.05) is 29.0 Å². The number of carbonyl (C=O) groups is 1. The highest BCUT2D eigenvalue weighted by molar-refractivity contribution is 7.22. The zero-order chi connectivity index (χ0) is 18.8. The monoisotopic (exact) mass is 400 g/mol. The number of fused-ring (bicyclic) bond motifs is 1. The highest BCUT2D eigenvalue weighted by atomic mass is 35.5. The van der Waals surface area contributed by atoms with E-state index in [2.05, 4.69) is 33.1 Å². The Morgan fingerprint density at radius 1 is 1.15 bits per heavy atom. The van der Waals surface area contributed by atoms with Gasteiger partial charge in [0.15, 0.2) is 5.13 Å². The van der Waals surface area contributed by atoms with Crippen molar-refractivity contribution >= 4 is 49.9 Å². The molecule has 1 aliphatic rings. The van der Waals surface area contributed by atoms with Gasteiger partial charge in [-0.2, -0.15) is 0 Å². The Balaban J connectivity index is 1.30. The molecule has 5 nitrogen and oxygen atoms in total. The maximum Gasteiger partial charge on any atom is 0.240 e. The Labute approximate surface area is 167 Å². The summed E-state index contributed by atoms with van der Waals surface area (Å²) in [6.07, 6.45) is 0. The zero-order valence-corrected chi connectivity index (χ0v) is 16.7. The zero-order valence-electron chi connectivity index (χ0n) is 15.1. The third-order valence-corrected chi connectivity index (χ3v) is 5.91. The van der Waals surface area contributed by atoms with Crippen LogP contribution in [0.25, 0.3) is 10.2 Å². The van der Waals surface area contributed by atoms with Gasteiger partial charge in [-0.05, 0) is 48.9 Å². The first-order valence-electron chi connectivity index (χ1n) is 8.97. The molecule has 2 heterocycles. The second kappa shape index (κ2) is 7.84. The predicted molar refractivity (Wildman–Crippen MR) is 113 cm³/mol. The molecule has 140 valence electrons. The molecule has 0 aliphatic carbocycles. The number of carbonyl (C=O) groups excluding carboxylic acids is 1. The summed E-state index contributed by atoms with van der Waals surface area (Å²) < 4.78 is 1.10. The number of aromatic nitrogens is 1. The van der Waals surface area contributed by atoms with E-state index in [9.17, 15) is 4.79 Å². The molecule has 1 amide bonds. The molecule has 1 aliphatic heterocycles. The van der Waals surface area contributed by atoms with Crippen molar-refractivity contribution in [3.05, 3.63) is 53.1 Å². The highest BCUT2D eigenvalue weighted by Crippen LogP contribution is 2.26. The Hall–Kier alpha value is -2.15. The van der Waals surface area contributed by atoms with E-state index in [4.69, 9.17) is 11.6 Å². The first kappa shape index (κ1) is 18.2. The van der Waals surface area contributed by atoms with Crippen LogP contribution in [0, 0.1) is 6.92 Å². The van der Waals surface area contributed by atoms with Crippen molar-refractivity contribution in [1.82, 2.24) is 9.88 Å². The molecule has 2 aromatic carbocycles. The molecule has 7 heteroatoms. The number of hydrogen-bond acceptors (Lipinski definition) is 5. The molecule has 1 fully saturated rings. The molecule has 1 saturated heterocycles. The van der Waals surface area contributed by atoms with Gasteiger partial charge in [-0.15, -0.1) is 0 Å². The highest BCUT2D eigenvalue weighted by Gasteiger charge is 2.19. The van der Waals surface area contributed by atoms with Crippen LogP contribution in [-0.4, -0.2) is 48.5 Å². The van der Waals surface area contributed by atoms with Gasteiger partial charge in [-0.25, -0.2) is 4.98 Å². The molecule has 0 bridgehead atoms. The molecule has 1 aromatic heterocycles. The van der Waals surface area contributed by atoms with E-state index >= 15 is 0 Å². The average molecular weight is 401 g/mol. The number of halogens is 1.